The van der Waals surface area contributed by atoms with Gasteiger partial charge < -0.3 is 10.6 Å². The highest BCUT2D eigenvalue weighted by Crippen LogP contribution is 2.26. The van der Waals surface area contributed by atoms with Gasteiger partial charge in [0.2, 0.25) is 0 Å². The second kappa shape index (κ2) is 5.08. The quantitative estimate of drug-likeness (QED) is 0.886. The second-order valence-corrected chi connectivity index (χ2v) is 5.92. The van der Waals surface area contributed by atoms with Crippen LogP contribution in [0.4, 0.5) is 5.69 Å². The minimum Gasteiger partial charge on any atom is -0.384 e. The summed E-state index contributed by atoms with van der Waals surface area (Å²) in [4.78, 5) is 5.63. The van der Waals surface area contributed by atoms with E-state index in [9.17, 15) is 0 Å². The zero-order chi connectivity index (χ0) is 12.4. The Morgan fingerprint density at radius 1 is 1.39 bits per heavy atom. The van der Waals surface area contributed by atoms with Crippen LogP contribution in [0.2, 0.25) is 0 Å². The smallest absolute Gasteiger partial charge is 0.107 e. The Bertz CT molecular complexity index is 548. The number of hydrogen-bond acceptors (Lipinski definition) is 4. The second-order valence-electron chi connectivity index (χ2n) is 4.60. The number of rotatable bonds is 4. The van der Waals surface area contributed by atoms with Crippen molar-refractivity contribution in [2.75, 3.05) is 11.9 Å². The number of fused-ring (bicyclic) bond motifs is 1. The lowest BCUT2D eigenvalue weighted by Gasteiger charge is -2.09. The molecular formula is C14H17N3S. The molecule has 2 heterocycles. The number of aromatic nitrogens is 1. The minimum atomic E-state index is 0.849. The van der Waals surface area contributed by atoms with Crippen LogP contribution in [0.25, 0.3) is 0 Å². The first-order chi connectivity index (χ1) is 8.83. The van der Waals surface area contributed by atoms with Crippen LogP contribution in [0, 0.1) is 6.92 Å². The van der Waals surface area contributed by atoms with Crippen LogP contribution in [-0.2, 0) is 19.5 Å². The number of nitrogens with one attached hydrogen (secondary N) is 2. The van der Waals surface area contributed by atoms with Gasteiger partial charge in [-0.3, -0.25) is 0 Å². The lowest BCUT2D eigenvalue weighted by Crippen LogP contribution is -2.13. The van der Waals surface area contributed by atoms with E-state index in [1.807, 2.05) is 6.20 Å². The van der Waals surface area contributed by atoms with Crippen LogP contribution in [0.1, 0.15) is 21.0 Å². The molecule has 3 nitrogen and oxygen atoms in total. The molecule has 18 heavy (non-hydrogen) atoms. The van der Waals surface area contributed by atoms with Gasteiger partial charge in [0.15, 0.2) is 0 Å². The van der Waals surface area contributed by atoms with E-state index < -0.39 is 0 Å². The Kier molecular flexibility index (Phi) is 3.30. The average molecular weight is 259 g/mol. The number of nitrogens with zero attached hydrogens (tertiary/aromatic N) is 1. The number of hydrogen-bond donors (Lipinski definition) is 2. The van der Waals surface area contributed by atoms with E-state index in [0.717, 1.165) is 31.1 Å². The van der Waals surface area contributed by atoms with E-state index in [1.165, 1.54) is 21.7 Å². The van der Waals surface area contributed by atoms with Gasteiger partial charge in [-0.25, -0.2) is 4.98 Å². The standard InChI is InChI=1S/C14H17N3S/c1-10-7-17-13(18-10)9-15-8-12-4-2-3-11-5-6-16-14(11)12/h2-4,7,15-16H,5-6,8-9H2,1H3. The largest absolute Gasteiger partial charge is 0.384 e. The van der Waals surface area contributed by atoms with Crippen molar-refractivity contribution >= 4 is 17.0 Å². The Morgan fingerprint density at radius 2 is 2.33 bits per heavy atom. The maximum atomic E-state index is 4.36. The van der Waals surface area contributed by atoms with Gasteiger partial charge in [0.1, 0.15) is 5.01 Å². The Labute approximate surface area is 111 Å². The minimum absolute atomic E-state index is 0.849. The molecule has 1 aromatic heterocycles. The molecule has 4 heteroatoms. The molecule has 2 aromatic rings. The predicted octanol–water partition coefficient (Wildman–Crippen LogP) is 2.71. The van der Waals surface area contributed by atoms with Gasteiger partial charge in [0.05, 0.1) is 0 Å². The van der Waals surface area contributed by atoms with Gasteiger partial charge in [-0.15, -0.1) is 11.3 Å². The van der Waals surface area contributed by atoms with Gasteiger partial charge in [-0.05, 0) is 24.5 Å². The molecule has 0 unspecified atom stereocenters. The van der Waals surface area contributed by atoms with E-state index in [0.29, 0.717) is 0 Å². The van der Waals surface area contributed by atoms with E-state index in [4.69, 9.17) is 0 Å². The lowest BCUT2D eigenvalue weighted by atomic mass is 10.1. The third-order valence-electron chi connectivity index (χ3n) is 3.19. The summed E-state index contributed by atoms with van der Waals surface area (Å²) in [6, 6.07) is 6.55. The number of aryl methyl sites for hydroxylation is 1. The van der Waals surface area contributed by atoms with Crippen LogP contribution in [0.5, 0.6) is 0 Å². The summed E-state index contributed by atoms with van der Waals surface area (Å²) in [5.74, 6) is 0. The third-order valence-corrected chi connectivity index (χ3v) is 4.11. The molecule has 0 atom stereocenters. The number of thiazole rings is 1. The Morgan fingerprint density at radius 3 is 3.17 bits per heavy atom. The average Bonchev–Trinajstić information content (AvgIpc) is 2.98. The van der Waals surface area contributed by atoms with Crippen molar-refractivity contribution in [3.05, 3.63) is 45.4 Å². The molecule has 0 aliphatic carbocycles. The van der Waals surface area contributed by atoms with Crippen molar-refractivity contribution < 1.29 is 0 Å². The predicted molar refractivity (Wildman–Crippen MR) is 76.0 cm³/mol. The summed E-state index contributed by atoms with van der Waals surface area (Å²) < 4.78 is 0. The third kappa shape index (κ3) is 2.40. The maximum Gasteiger partial charge on any atom is 0.107 e. The van der Waals surface area contributed by atoms with Gasteiger partial charge in [-0.2, -0.15) is 0 Å². The fraction of sp³-hybridized carbons (Fsp3) is 0.357. The SMILES string of the molecule is Cc1cnc(CNCc2cccc3c2NCC3)s1. The summed E-state index contributed by atoms with van der Waals surface area (Å²) in [5, 5.41) is 8.10. The number of anilines is 1. The molecule has 0 fully saturated rings. The molecule has 2 N–H and O–H groups in total. The highest BCUT2D eigenvalue weighted by atomic mass is 32.1. The van der Waals surface area contributed by atoms with Crippen LogP contribution >= 0.6 is 11.3 Å². The Balaban J connectivity index is 1.62. The molecule has 0 radical (unpaired) electrons. The van der Waals surface area contributed by atoms with Gasteiger partial charge in [0.25, 0.3) is 0 Å². The Hall–Kier alpha value is -1.39. The van der Waals surface area contributed by atoms with Crippen molar-refractivity contribution in [1.82, 2.24) is 10.3 Å². The van der Waals surface area contributed by atoms with Crippen molar-refractivity contribution in [3.8, 4) is 0 Å². The molecule has 1 aliphatic heterocycles. The summed E-state index contributed by atoms with van der Waals surface area (Å²) in [5.41, 5.74) is 4.14. The zero-order valence-corrected chi connectivity index (χ0v) is 11.3. The summed E-state index contributed by atoms with van der Waals surface area (Å²) in [6.45, 7) is 4.91. The van der Waals surface area contributed by atoms with E-state index >= 15 is 0 Å². The fourth-order valence-corrected chi connectivity index (χ4v) is 3.10. The van der Waals surface area contributed by atoms with E-state index in [-0.39, 0.29) is 0 Å². The number of para-hydroxylation sites is 1. The van der Waals surface area contributed by atoms with E-state index in [2.05, 4.69) is 40.7 Å². The van der Waals surface area contributed by atoms with Gasteiger partial charge >= 0.3 is 0 Å². The topological polar surface area (TPSA) is 37.0 Å². The molecule has 0 amide bonds. The summed E-state index contributed by atoms with van der Waals surface area (Å²) in [6.07, 6.45) is 3.08. The first kappa shape index (κ1) is 11.7. The molecule has 1 aliphatic rings. The molecule has 0 saturated carbocycles. The highest BCUT2D eigenvalue weighted by molar-refractivity contribution is 7.11. The van der Waals surface area contributed by atoms with E-state index in [1.54, 1.807) is 11.3 Å². The van der Waals surface area contributed by atoms with Crippen molar-refractivity contribution in [3.63, 3.8) is 0 Å². The summed E-state index contributed by atoms with van der Waals surface area (Å²) in [7, 11) is 0. The first-order valence-electron chi connectivity index (χ1n) is 6.29. The summed E-state index contributed by atoms with van der Waals surface area (Å²) >= 11 is 1.76. The van der Waals surface area contributed by atoms with Crippen LogP contribution < -0.4 is 10.6 Å². The molecule has 0 bridgehead atoms. The molecule has 94 valence electrons. The molecule has 3 rings (SSSR count). The van der Waals surface area contributed by atoms with Crippen LogP contribution in [-0.4, -0.2) is 11.5 Å². The fourth-order valence-electron chi connectivity index (χ4n) is 2.35. The zero-order valence-electron chi connectivity index (χ0n) is 10.5. The lowest BCUT2D eigenvalue weighted by molar-refractivity contribution is 0.691. The van der Waals surface area contributed by atoms with Crippen LogP contribution in [0.15, 0.2) is 24.4 Å². The molecule has 0 saturated heterocycles. The maximum absolute atomic E-state index is 4.36. The van der Waals surface area contributed by atoms with Crippen LogP contribution in [0.3, 0.4) is 0 Å². The van der Waals surface area contributed by atoms with Crippen molar-refractivity contribution in [1.29, 1.82) is 0 Å². The first-order valence-corrected chi connectivity index (χ1v) is 7.11. The van der Waals surface area contributed by atoms with Crippen molar-refractivity contribution in [2.24, 2.45) is 0 Å². The highest BCUT2D eigenvalue weighted by Gasteiger charge is 2.12. The molecule has 0 spiro atoms. The monoisotopic (exact) mass is 259 g/mol. The normalized spacial score (nSPS) is 13.4. The number of benzene rings is 1. The van der Waals surface area contributed by atoms with Gasteiger partial charge in [-0.1, -0.05) is 18.2 Å². The molecule has 1 aromatic carbocycles. The van der Waals surface area contributed by atoms with Crippen molar-refractivity contribution in [2.45, 2.75) is 26.4 Å². The van der Waals surface area contributed by atoms with Gasteiger partial charge in [0, 0.05) is 36.4 Å². The molecular weight excluding hydrogens is 242 g/mol.